The largest absolute Gasteiger partial charge is 0.313 e. The van der Waals surface area contributed by atoms with Crippen molar-refractivity contribution in [2.24, 2.45) is 0 Å². The summed E-state index contributed by atoms with van der Waals surface area (Å²) in [7, 11) is 0. The summed E-state index contributed by atoms with van der Waals surface area (Å²) in [5.41, 5.74) is 3.52. The summed E-state index contributed by atoms with van der Waals surface area (Å²) in [5, 5.41) is 7.75. The summed E-state index contributed by atoms with van der Waals surface area (Å²) in [6.45, 7) is 12.9. The Hall–Kier alpha value is -1.09. The van der Waals surface area contributed by atoms with Crippen LogP contribution in [0.5, 0.6) is 0 Å². The van der Waals surface area contributed by atoms with Crippen LogP contribution in [0.4, 0.5) is 0 Å². The van der Waals surface area contributed by atoms with Gasteiger partial charge in [-0.15, -0.1) is 0 Å². The number of hydrogen-bond acceptors (Lipinski definition) is 2. The van der Waals surface area contributed by atoms with E-state index in [9.17, 15) is 0 Å². The summed E-state index contributed by atoms with van der Waals surface area (Å²) in [6.07, 6.45) is 1.11. The van der Waals surface area contributed by atoms with Gasteiger partial charge in [0.25, 0.3) is 0 Å². The van der Waals surface area contributed by atoms with Gasteiger partial charge in [-0.25, -0.2) is 0 Å². The molecular weight excluding hydrogens is 186 g/mol. The lowest BCUT2D eigenvalue weighted by atomic mass is 10.3. The highest BCUT2D eigenvalue weighted by Gasteiger charge is 1.99. The van der Waals surface area contributed by atoms with E-state index in [4.69, 9.17) is 0 Å². The third kappa shape index (κ3) is 4.30. The first-order chi connectivity index (χ1) is 7.09. The predicted molar refractivity (Wildman–Crippen MR) is 64.0 cm³/mol. The number of rotatable bonds is 6. The summed E-state index contributed by atoms with van der Waals surface area (Å²) in [4.78, 5) is 0. The van der Waals surface area contributed by atoms with E-state index in [0.29, 0.717) is 0 Å². The average Bonchev–Trinajstić information content (AvgIpc) is 2.44. The van der Waals surface area contributed by atoms with Crippen molar-refractivity contribution in [3.63, 3.8) is 0 Å². The molecular formula is C12H21N3. The van der Waals surface area contributed by atoms with Crippen LogP contribution >= 0.6 is 0 Å². The molecule has 0 saturated carbocycles. The van der Waals surface area contributed by atoms with Crippen LogP contribution in [-0.4, -0.2) is 22.9 Å². The zero-order valence-electron chi connectivity index (χ0n) is 10.0. The van der Waals surface area contributed by atoms with Gasteiger partial charge in [0.15, 0.2) is 0 Å². The molecule has 0 saturated heterocycles. The molecule has 1 aromatic rings. The molecule has 1 aromatic heterocycles. The van der Waals surface area contributed by atoms with Crippen LogP contribution in [0.1, 0.15) is 24.7 Å². The fourth-order valence-electron chi connectivity index (χ4n) is 1.56. The summed E-state index contributed by atoms with van der Waals surface area (Å²) in [6, 6.07) is 2.11. The number of nitrogens with zero attached hydrogens (tertiary/aromatic N) is 2. The van der Waals surface area contributed by atoms with E-state index in [0.717, 1.165) is 31.7 Å². The molecule has 0 aliphatic rings. The van der Waals surface area contributed by atoms with Crippen molar-refractivity contribution >= 4 is 0 Å². The topological polar surface area (TPSA) is 29.9 Å². The molecule has 0 amide bonds. The maximum Gasteiger partial charge on any atom is 0.0596 e. The number of aryl methyl sites for hydroxylation is 3. The fourth-order valence-corrected chi connectivity index (χ4v) is 1.56. The molecule has 0 unspecified atom stereocenters. The Morgan fingerprint density at radius 2 is 2.27 bits per heavy atom. The summed E-state index contributed by atoms with van der Waals surface area (Å²) < 4.78 is 2.07. The Morgan fingerprint density at radius 1 is 1.53 bits per heavy atom. The van der Waals surface area contributed by atoms with Crippen LogP contribution in [0.2, 0.25) is 0 Å². The Kier molecular flexibility index (Phi) is 4.56. The molecule has 0 radical (unpaired) electrons. The van der Waals surface area contributed by atoms with E-state index >= 15 is 0 Å². The lowest BCUT2D eigenvalue weighted by Gasteiger charge is -2.05. The molecule has 0 aliphatic heterocycles. The van der Waals surface area contributed by atoms with E-state index in [-0.39, 0.29) is 0 Å². The molecule has 0 spiro atoms. The van der Waals surface area contributed by atoms with Crippen LogP contribution in [-0.2, 0) is 6.54 Å². The Labute approximate surface area is 92.2 Å². The van der Waals surface area contributed by atoms with Gasteiger partial charge in [-0.2, -0.15) is 5.10 Å². The van der Waals surface area contributed by atoms with Gasteiger partial charge >= 0.3 is 0 Å². The van der Waals surface area contributed by atoms with Crippen molar-refractivity contribution in [1.82, 2.24) is 15.1 Å². The smallest absolute Gasteiger partial charge is 0.0596 e. The van der Waals surface area contributed by atoms with Gasteiger partial charge in [0.1, 0.15) is 0 Å². The second kappa shape index (κ2) is 5.71. The van der Waals surface area contributed by atoms with Gasteiger partial charge in [-0.1, -0.05) is 12.2 Å². The highest BCUT2D eigenvalue weighted by molar-refractivity contribution is 5.06. The minimum atomic E-state index is 0.914. The summed E-state index contributed by atoms with van der Waals surface area (Å²) >= 11 is 0. The summed E-state index contributed by atoms with van der Waals surface area (Å²) in [5.74, 6) is 0. The van der Waals surface area contributed by atoms with Crippen molar-refractivity contribution in [2.75, 3.05) is 13.1 Å². The molecule has 84 valence electrons. The monoisotopic (exact) mass is 207 g/mol. The lowest BCUT2D eigenvalue weighted by molar-refractivity contribution is 0.540. The molecule has 3 heteroatoms. The van der Waals surface area contributed by atoms with Crippen molar-refractivity contribution in [3.8, 4) is 0 Å². The van der Waals surface area contributed by atoms with Gasteiger partial charge in [0, 0.05) is 18.8 Å². The normalized spacial score (nSPS) is 10.6. The van der Waals surface area contributed by atoms with Gasteiger partial charge in [0.2, 0.25) is 0 Å². The third-order valence-corrected chi connectivity index (χ3v) is 2.25. The molecule has 0 aliphatic carbocycles. The minimum Gasteiger partial charge on any atom is -0.313 e. The molecule has 1 N–H and O–H groups in total. The number of nitrogens with one attached hydrogen (secondary N) is 1. The van der Waals surface area contributed by atoms with E-state index in [1.165, 1.54) is 11.3 Å². The number of hydrogen-bond donors (Lipinski definition) is 1. The third-order valence-electron chi connectivity index (χ3n) is 2.25. The van der Waals surface area contributed by atoms with Crippen molar-refractivity contribution in [1.29, 1.82) is 0 Å². The molecule has 1 rings (SSSR count). The van der Waals surface area contributed by atoms with Crippen LogP contribution < -0.4 is 5.32 Å². The molecule has 0 fully saturated rings. The SMILES string of the molecule is C=C(C)CNCCCn1nc(C)cc1C. The van der Waals surface area contributed by atoms with Crippen molar-refractivity contribution < 1.29 is 0 Å². The van der Waals surface area contributed by atoms with Crippen LogP contribution in [0.15, 0.2) is 18.2 Å². The van der Waals surface area contributed by atoms with E-state index in [2.05, 4.69) is 34.7 Å². The maximum absolute atomic E-state index is 4.41. The van der Waals surface area contributed by atoms with Gasteiger partial charge in [0.05, 0.1) is 5.69 Å². The van der Waals surface area contributed by atoms with Crippen LogP contribution in [0.25, 0.3) is 0 Å². The van der Waals surface area contributed by atoms with Gasteiger partial charge in [-0.3, -0.25) is 4.68 Å². The quantitative estimate of drug-likeness (QED) is 0.571. The zero-order chi connectivity index (χ0) is 11.3. The fraction of sp³-hybridized carbons (Fsp3) is 0.583. The first kappa shape index (κ1) is 12.0. The van der Waals surface area contributed by atoms with E-state index in [1.54, 1.807) is 0 Å². The first-order valence-corrected chi connectivity index (χ1v) is 5.46. The lowest BCUT2D eigenvalue weighted by Crippen LogP contribution is -2.19. The maximum atomic E-state index is 4.41. The zero-order valence-corrected chi connectivity index (χ0v) is 10.0. The highest BCUT2D eigenvalue weighted by atomic mass is 15.3. The van der Waals surface area contributed by atoms with Crippen LogP contribution in [0, 0.1) is 13.8 Å². The molecule has 0 bridgehead atoms. The van der Waals surface area contributed by atoms with Gasteiger partial charge in [-0.05, 0) is 39.8 Å². The van der Waals surface area contributed by atoms with Crippen LogP contribution in [0.3, 0.4) is 0 Å². The van der Waals surface area contributed by atoms with Crippen molar-refractivity contribution in [2.45, 2.75) is 33.7 Å². The van der Waals surface area contributed by atoms with E-state index in [1.807, 2.05) is 13.8 Å². The second-order valence-corrected chi connectivity index (χ2v) is 4.14. The first-order valence-electron chi connectivity index (χ1n) is 5.46. The molecule has 1 heterocycles. The Morgan fingerprint density at radius 3 is 2.80 bits per heavy atom. The molecule has 15 heavy (non-hydrogen) atoms. The Bertz CT molecular complexity index is 326. The Balaban J connectivity index is 2.20. The standard InChI is InChI=1S/C12H21N3/c1-10(2)9-13-6-5-7-15-12(4)8-11(3)14-15/h8,13H,1,5-7,9H2,2-4H3. The van der Waals surface area contributed by atoms with E-state index < -0.39 is 0 Å². The minimum absolute atomic E-state index is 0.914. The average molecular weight is 207 g/mol. The van der Waals surface area contributed by atoms with Crippen molar-refractivity contribution in [3.05, 3.63) is 29.6 Å². The number of aromatic nitrogens is 2. The second-order valence-electron chi connectivity index (χ2n) is 4.14. The van der Waals surface area contributed by atoms with Gasteiger partial charge < -0.3 is 5.32 Å². The highest BCUT2D eigenvalue weighted by Crippen LogP contribution is 2.02. The molecule has 0 atom stereocenters. The molecule has 3 nitrogen and oxygen atoms in total. The molecule has 0 aromatic carbocycles. The predicted octanol–water partition coefficient (Wildman–Crippen LogP) is 2.06.